The zero-order valence-corrected chi connectivity index (χ0v) is 27.6. The third-order valence-electron chi connectivity index (χ3n) is 8.20. The number of benzene rings is 1. The van der Waals surface area contributed by atoms with Gasteiger partial charge in [-0.2, -0.15) is 8.42 Å². The number of Topliss-reactive ketones (excluding diaryl/α,β-unsaturated/α-hetero) is 1. The van der Waals surface area contributed by atoms with Gasteiger partial charge in [0.25, 0.3) is 5.69 Å². The third-order valence-corrected chi connectivity index (χ3v) is 13.6. The monoisotopic (exact) mass is 663 g/mol. The Morgan fingerprint density at radius 1 is 1.18 bits per heavy atom. The minimum absolute atomic E-state index is 0.143. The normalized spacial score (nSPS) is 20.8. The predicted molar refractivity (Wildman–Crippen MR) is 165 cm³/mol. The summed E-state index contributed by atoms with van der Waals surface area (Å²) in [5.41, 5.74) is 6.20. The molecule has 0 radical (unpaired) electrons. The van der Waals surface area contributed by atoms with Gasteiger partial charge in [0.1, 0.15) is 11.8 Å². The summed E-state index contributed by atoms with van der Waals surface area (Å²) in [5.74, 6) is -1.87. The number of carbonyl (C=O) groups excluding carboxylic acids is 2. The Balaban J connectivity index is 1.45. The predicted octanol–water partition coefficient (Wildman–Crippen LogP) is 3.28. The van der Waals surface area contributed by atoms with E-state index in [1.54, 1.807) is 9.29 Å². The summed E-state index contributed by atoms with van der Waals surface area (Å²) < 4.78 is 47.0. The number of amides is 1. The van der Waals surface area contributed by atoms with Crippen LogP contribution >= 0.6 is 0 Å². The van der Waals surface area contributed by atoms with Crippen molar-refractivity contribution >= 4 is 53.0 Å². The molecule has 3 aromatic rings. The molecule has 0 spiro atoms. The quantitative estimate of drug-likeness (QED) is 0.123. The van der Waals surface area contributed by atoms with Crippen molar-refractivity contribution in [3.63, 3.8) is 0 Å². The maximum absolute atomic E-state index is 12.7. The van der Waals surface area contributed by atoms with Gasteiger partial charge in [-0.1, -0.05) is 39.8 Å². The van der Waals surface area contributed by atoms with Crippen LogP contribution in [0.2, 0.25) is 18.1 Å². The van der Waals surface area contributed by atoms with Crippen molar-refractivity contribution in [3.8, 4) is 0 Å². The van der Waals surface area contributed by atoms with Crippen LogP contribution in [-0.4, -0.2) is 71.7 Å². The van der Waals surface area contributed by atoms with E-state index in [1.807, 2.05) is 6.92 Å². The van der Waals surface area contributed by atoms with Crippen LogP contribution in [0.4, 0.5) is 11.5 Å². The third kappa shape index (κ3) is 7.52. The molecule has 18 heteroatoms. The molecule has 244 valence electrons. The number of nitro groups is 1. The van der Waals surface area contributed by atoms with Crippen LogP contribution in [-0.2, 0) is 28.4 Å². The molecule has 0 aliphatic carbocycles. The average Bonchev–Trinajstić information content (AvgIpc) is 3.51. The topological polar surface area (TPSA) is 221 Å². The van der Waals surface area contributed by atoms with Crippen molar-refractivity contribution in [2.75, 3.05) is 12.3 Å². The zero-order valence-electron chi connectivity index (χ0n) is 25.8. The average molecular weight is 664 g/mol. The van der Waals surface area contributed by atoms with Crippen LogP contribution in [0.5, 0.6) is 0 Å². The Morgan fingerprint density at radius 3 is 2.53 bits per heavy atom. The molecule has 1 amide bonds. The number of hydrogen-bond donors (Lipinski definition) is 2. The van der Waals surface area contributed by atoms with Crippen molar-refractivity contribution in [2.24, 2.45) is 5.92 Å². The Morgan fingerprint density at radius 2 is 1.87 bits per heavy atom. The number of rotatable bonds is 12. The Hall–Kier alpha value is -3.84. The van der Waals surface area contributed by atoms with E-state index >= 15 is 0 Å². The number of aromatic nitrogens is 4. The summed E-state index contributed by atoms with van der Waals surface area (Å²) in [5, 5.41) is 11.1. The minimum atomic E-state index is -4.60. The maximum Gasteiger partial charge on any atom is 0.362 e. The first-order valence-corrected chi connectivity index (χ1v) is 18.5. The van der Waals surface area contributed by atoms with E-state index in [1.165, 1.54) is 36.9 Å². The number of anilines is 1. The van der Waals surface area contributed by atoms with Crippen LogP contribution in [0, 0.1) is 16.0 Å². The number of carbonyl (C=O) groups is 2. The molecule has 3 heterocycles. The van der Waals surface area contributed by atoms with E-state index in [2.05, 4.69) is 48.8 Å². The molecule has 1 saturated heterocycles. The van der Waals surface area contributed by atoms with E-state index < -0.39 is 78.8 Å². The highest BCUT2D eigenvalue weighted by atomic mass is 32.2. The second kappa shape index (κ2) is 12.9. The minimum Gasteiger partial charge on any atom is -0.409 e. The number of nitrogens with zero attached hydrogens (tertiary/aromatic N) is 5. The van der Waals surface area contributed by atoms with E-state index in [9.17, 15) is 28.1 Å². The van der Waals surface area contributed by atoms with E-state index in [0.29, 0.717) is 11.2 Å². The molecule has 0 saturated carbocycles. The second-order valence-electron chi connectivity index (χ2n) is 12.3. The van der Waals surface area contributed by atoms with Gasteiger partial charge >= 0.3 is 10.3 Å². The standard InChI is InChI=1S/C27H37N7O9SSi/c1-16-20(13-41-44(39,40)32-21(36)12-11-19(35)17-9-7-8-10-18(17)34(37)38)42-26(23(16)43-45(5,6)27(2,3)4)33-15-31-22-24(28)29-14-30-25(22)33/h7-10,14-16,20,23,26H,11-13H2,1-6H3,(H,32,36)(H2,28,29,30)/t16-,20-,23?,26-/m1/s1. The first kappa shape index (κ1) is 34.0. The van der Waals surface area contributed by atoms with Gasteiger partial charge in [-0.15, -0.1) is 0 Å². The molecule has 1 aliphatic heterocycles. The lowest BCUT2D eigenvalue weighted by molar-refractivity contribution is -0.385. The fourth-order valence-electron chi connectivity index (χ4n) is 4.61. The lowest BCUT2D eigenvalue weighted by Gasteiger charge is -2.40. The number of nitro benzene ring substituents is 1. The molecule has 1 fully saturated rings. The molecular weight excluding hydrogens is 626 g/mol. The van der Waals surface area contributed by atoms with Gasteiger partial charge in [-0.25, -0.2) is 19.7 Å². The van der Waals surface area contributed by atoms with Gasteiger partial charge in [0.15, 0.2) is 31.8 Å². The maximum atomic E-state index is 12.7. The van der Waals surface area contributed by atoms with Crippen LogP contribution in [0.25, 0.3) is 11.2 Å². The first-order chi connectivity index (χ1) is 20.9. The first-order valence-electron chi connectivity index (χ1n) is 14.1. The number of ketones is 1. The van der Waals surface area contributed by atoms with Crippen LogP contribution in [0.3, 0.4) is 0 Å². The lowest BCUT2D eigenvalue weighted by Crippen LogP contribution is -2.47. The highest BCUT2D eigenvalue weighted by Crippen LogP contribution is 2.44. The van der Waals surface area contributed by atoms with E-state index in [4.69, 9.17) is 19.1 Å². The number of hydrogen-bond acceptors (Lipinski definition) is 13. The summed E-state index contributed by atoms with van der Waals surface area (Å²) in [7, 11) is -6.96. The molecule has 3 N–H and O–H groups in total. The van der Waals surface area contributed by atoms with Gasteiger partial charge in [-0.3, -0.25) is 28.5 Å². The summed E-state index contributed by atoms with van der Waals surface area (Å²) in [6.07, 6.45) is -0.245. The van der Waals surface area contributed by atoms with Crippen LogP contribution in [0.15, 0.2) is 36.9 Å². The highest BCUT2D eigenvalue weighted by molar-refractivity contribution is 7.85. The molecule has 1 aliphatic rings. The van der Waals surface area contributed by atoms with Gasteiger partial charge in [0.2, 0.25) is 5.91 Å². The van der Waals surface area contributed by atoms with Gasteiger partial charge < -0.3 is 14.9 Å². The van der Waals surface area contributed by atoms with Crippen molar-refractivity contribution < 1.29 is 36.3 Å². The van der Waals surface area contributed by atoms with Crippen molar-refractivity contribution in [1.29, 1.82) is 0 Å². The molecular formula is C27H37N7O9SSi. The smallest absolute Gasteiger partial charge is 0.362 e. The summed E-state index contributed by atoms with van der Waals surface area (Å²) in [6.45, 7) is 11.9. The number of nitrogens with two attached hydrogens (primary N) is 1. The van der Waals surface area contributed by atoms with Crippen molar-refractivity contribution in [3.05, 3.63) is 52.6 Å². The Bertz CT molecular complexity index is 1710. The number of para-hydroxylation sites is 1. The highest BCUT2D eigenvalue weighted by Gasteiger charge is 2.50. The summed E-state index contributed by atoms with van der Waals surface area (Å²) in [6, 6.07) is 5.30. The summed E-state index contributed by atoms with van der Waals surface area (Å²) >= 11 is 0. The molecule has 45 heavy (non-hydrogen) atoms. The molecule has 16 nitrogen and oxygen atoms in total. The fourth-order valence-corrected chi connectivity index (χ4v) is 6.73. The number of nitrogen functional groups attached to an aromatic ring is 1. The second-order valence-corrected chi connectivity index (χ2v) is 18.4. The molecule has 4 atom stereocenters. The molecule has 4 rings (SSSR count). The van der Waals surface area contributed by atoms with Crippen LogP contribution in [0.1, 0.15) is 57.1 Å². The Labute approximate surface area is 261 Å². The Kier molecular flexibility index (Phi) is 9.74. The van der Waals surface area contributed by atoms with Crippen LogP contribution < -0.4 is 10.5 Å². The number of ether oxygens (including phenoxy) is 1. The van der Waals surface area contributed by atoms with Gasteiger partial charge in [0, 0.05) is 24.8 Å². The van der Waals surface area contributed by atoms with E-state index in [-0.39, 0.29) is 22.3 Å². The van der Waals surface area contributed by atoms with Gasteiger partial charge in [-0.05, 0) is 24.2 Å². The molecule has 1 unspecified atom stereocenters. The number of imidazole rings is 1. The largest absolute Gasteiger partial charge is 0.409 e. The van der Waals surface area contributed by atoms with Gasteiger partial charge in [0.05, 0.1) is 35.6 Å². The molecule has 1 aromatic carbocycles. The molecule has 2 aromatic heterocycles. The number of nitrogens with one attached hydrogen (secondary N) is 1. The summed E-state index contributed by atoms with van der Waals surface area (Å²) in [4.78, 5) is 48.0. The van der Waals surface area contributed by atoms with Crippen molar-refractivity contribution in [1.82, 2.24) is 24.2 Å². The molecule has 0 bridgehead atoms. The van der Waals surface area contributed by atoms with E-state index in [0.717, 1.165) is 0 Å². The fraction of sp³-hybridized carbons (Fsp3) is 0.519. The lowest BCUT2D eigenvalue weighted by atomic mass is 10.0. The van der Waals surface area contributed by atoms with Crippen molar-refractivity contribution in [2.45, 2.75) is 77.1 Å². The number of fused-ring (bicyclic) bond motifs is 1. The SMILES string of the molecule is C[C@H]1C(O[Si](C)(C)C(C)(C)C)[C@H](n2cnc3c(N)ncnc32)O[C@@H]1COS(=O)(=O)NC(=O)CCC(=O)c1ccccc1[N+](=O)[O-]. The zero-order chi connectivity index (χ0) is 33.3.